The molecule has 180 valence electrons. The first-order chi connectivity index (χ1) is 17.0. The largest absolute Gasteiger partial charge is 0.496 e. The zero-order chi connectivity index (χ0) is 24.8. The fourth-order valence-electron chi connectivity index (χ4n) is 3.74. The Morgan fingerprint density at radius 1 is 1.09 bits per heavy atom. The van der Waals surface area contributed by atoms with Gasteiger partial charge in [-0.15, -0.1) is 0 Å². The molecule has 4 aromatic rings. The summed E-state index contributed by atoms with van der Waals surface area (Å²) >= 11 is 1.51. The number of carbonyl (C=O) groups is 1. The molecule has 2 heterocycles. The molecule has 0 saturated carbocycles. The van der Waals surface area contributed by atoms with Gasteiger partial charge in [0.15, 0.2) is 5.16 Å². The number of ether oxygens (including phenoxy) is 2. The van der Waals surface area contributed by atoms with E-state index < -0.39 is 0 Å². The highest BCUT2D eigenvalue weighted by Crippen LogP contribution is 2.36. The van der Waals surface area contributed by atoms with Crippen molar-refractivity contribution in [2.45, 2.75) is 11.7 Å². The molecule has 7 nitrogen and oxygen atoms in total. The van der Waals surface area contributed by atoms with E-state index in [9.17, 15) is 9.18 Å². The van der Waals surface area contributed by atoms with Crippen LogP contribution in [0.5, 0.6) is 5.75 Å². The number of carbonyl (C=O) groups excluding carboxylic acids is 1. The van der Waals surface area contributed by atoms with Gasteiger partial charge in [-0.05, 0) is 54.8 Å². The number of nitrogens with one attached hydrogen (secondary N) is 1. The second kappa shape index (κ2) is 11.2. The standard InChI is InChI=1S/C26H25FN4O3S/c1-33-15-14-31-24(23(30-26(31)35-3)17-8-10-19(27)11-9-17)18-12-13-28-22(16-18)29-25(32)20-6-4-5-7-21(20)34-2/h4-13,16H,14-15H2,1-3H3,(H,28,29,32). The smallest absolute Gasteiger partial charge is 0.260 e. The third-order valence-electron chi connectivity index (χ3n) is 5.38. The van der Waals surface area contributed by atoms with E-state index in [-0.39, 0.29) is 11.7 Å². The topological polar surface area (TPSA) is 78.3 Å². The summed E-state index contributed by atoms with van der Waals surface area (Å²) in [5, 5.41) is 3.65. The first-order valence-electron chi connectivity index (χ1n) is 10.9. The molecule has 0 atom stereocenters. The summed E-state index contributed by atoms with van der Waals surface area (Å²) in [4.78, 5) is 22.1. The zero-order valence-corrected chi connectivity index (χ0v) is 20.4. The fourth-order valence-corrected chi connectivity index (χ4v) is 4.33. The van der Waals surface area contributed by atoms with E-state index in [0.717, 1.165) is 22.0 Å². The number of pyridine rings is 1. The van der Waals surface area contributed by atoms with Crippen LogP contribution in [0.15, 0.2) is 72.0 Å². The molecule has 2 aromatic carbocycles. The number of imidazole rings is 1. The second-order valence-electron chi connectivity index (χ2n) is 7.53. The van der Waals surface area contributed by atoms with Crippen LogP contribution in [0, 0.1) is 5.82 Å². The molecule has 0 fully saturated rings. The van der Waals surface area contributed by atoms with Gasteiger partial charge >= 0.3 is 0 Å². The van der Waals surface area contributed by atoms with Gasteiger partial charge in [0.05, 0.1) is 30.7 Å². The maximum absolute atomic E-state index is 13.6. The molecule has 0 spiro atoms. The minimum atomic E-state index is -0.330. The zero-order valence-electron chi connectivity index (χ0n) is 19.6. The number of anilines is 1. The van der Waals surface area contributed by atoms with Gasteiger partial charge in [0, 0.05) is 31.0 Å². The number of methoxy groups -OCH3 is 2. The minimum Gasteiger partial charge on any atom is -0.496 e. The van der Waals surface area contributed by atoms with E-state index in [1.807, 2.05) is 12.3 Å². The van der Waals surface area contributed by atoms with Crippen molar-refractivity contribution in [1.82, 2.24) is 14.5 Å². The average molecular weight is 493 g/mol. The summed E-state index contributed by atoms with van der Waals surface area (Å²) in [6, 6.07) is 16.9. The number of thioether (sulfide) groups is 1. The van der Waals surface area contributed by atoms with Gasteiger partial charge < -0.3 is 19.4 Å². The Labute approximate surface area is 207 Å². The van der Waals surface area contributed by atoms with Crippen LogP contribution >= 0.6 is 11.8 Å². The molecule has 35 heavy (non-hydrogen) atoms. The van der Waals surface area contributed by atoms with Gasteiger partial charge in [0.2, 0.25) is 0 Å². The van der Waals surface area contributed by atoms with Gasteiger partial charge in [0.1, 0.15) is 17.4 Å². The Kier molecular flexibility index (Phi) is 7.79. The van der Waals surface area contributed by atoms with Crippen molar-refractivity contribution >= 4 is 23.5 Å². The Bertz CT molecular complexity index is 1320. The van der Waals surface area contributed by atoms with E-state index in [1.165, 1.54) is 31.0 Å². The number of hydrogen-bond acceptors (Lipinski definition) is 6. The van der Waals surface area contributed by atoms with Gasteiger partial charge in [0.25, 0.3) is 5.91 Å². The third kappa shape index (κ3) is 5.36. The lowest BCUT2D eigenvalue weighted by atomic mass is 10.1. The minimum absolute atomic E-state index is 0.315. The molecule has 0 saturated heterocycles. The second-order valence-corrected chi connectivity index (χ2v) is 8.30. The predicted molar refractivity (Wildman–Crippen MR) is 135 cm³/mol. The van der Waals surface area contributed by atoms with Crippen LogP contribution in [0.25, 0.3) is 22.5 Å². The van der Waals surface area contributed by atoms with E-state index in [0.29, 0.717) is 36.0 Å². The Morgan fingerprint density at radius 3 is 2.57 bits per heavy atom. The molecular weight excluding hydrogens is 467 g/mol. The summed E-state index contributed by atoms with van der Waals surface area (Å²) in [5.74, 6) is 0.212. The van der Waals surface area contributed by atoms with Gasteiger partial charge in [-0.2, -0.15) is 0 Å². The van der Waals surface area contributed by atoms with Crippen LogP contribution in [-0.4, -0.2) is 47.5 Å². The lowest BCUT2D eigenvalue weighted by molar-refractivity contribution is 0.102. The summed E-state index contributed by atoms with van der Waals surface area (Å²) in [7, 11) is 3.17. The Morgan fingerprint density at radius 2 is 1.86 bits per heavy atom. The molecule has 0 radical (unpaired) electrons. The van der Waals surface area contributed by atoms with Crippen LogP contribution < -0.4 is 10.1 Å². The van der Waals surface area contributed by atoms with Crippen molar-refractivity contribution in [1.29, 1.82) is 0 Å². The number of aromatic nitrogens is 3. The molecule has 1 amide bonds. The van der Waals surface area contributed by atoms with Crippen molar-refractivity contribution < 1.29 is 18.7 Å². The molecule has 0 unspecified atom stereocenters. The molecule has 1 N–H and O–H groups in total. The molecule has 0 aliphatic rings. The molecular formula is C26H25FN4O3S. The van der Waals surface area contributed by atoms with E-state index in [1.54, 1.807) is 55.8 Å². The van der Waals surface area contributed by atoms with E-state index >= 15 is 0 Å². The number of rotatable bonds is 9. The maximum atomic E-state index is 13.6. The van der Waals surface area contributed by atoms with Crippen molar-refractivity contribution in [3.05, 3.63) is 78.2 Å². The molecule has 9 heteroatoms. The quantitative estimate of drug-likeness (QED) is 0.316. The molecule has 2 aromatic heterocycles. The number of amides is 1. The van der Waals surface area contributed by atoms with Crippen LogP contribution in [0.3, 0.4) is 0 Å². The highest BCUT2D eigenvalue weighted by Gasteiger charge is 2.21. The lowest BCUT2D eigenvalue weighted by Gasteiger charge is -2.13. The molecule has 0 aliphatic carbocycles. The molecule has 0 aliphatic heterocycles. The molecule has 0 bridgehead atoms. The average Bonchev–Trinajstić information content (AvgIpc) is 3.26. The maximum Gasteiger partial charge on any atom is 0.260 e. The fraction of sp³-hybridized carbons (Fsp3) is 0.192. The summed E-state index contributed by atoms with van der Waals surface area (Å²) < 4.78 is 26.3. The highest BCUT2D eigenvalue weighted by atomic mass is 32.2. The summed E-state index contributed by atoms with van der Waals surface area (Å²) in [5.41, 5.74) is 3.53. The van der Waals surface area contributed by atoms with Crippen LogP contribution in [-0.2, 0) is 11.3 Å². The number of benzene rings is 2. The lowest BCUT2D eigenvalue weighted by Crippen LogP contribution is -2.14. The van der Waals surface area contributed by atoms with Crippen molar-refractivity contribution in [3.63, 3.8) is 0 Å². The van der Waals surface area contributed by atoms with Gasteiger partial charge in [-0.3, -0.25) is 4.79 Å². The normalized spacial score (nSPS) is 10.9. The number of para-hydroxylation sites is 1. The number of halogens is 1. The number of nitrogens with zero attached hydrogens (tertiary/aromatic N) is 3. The van der Waals surface area contributed by atoms with Crippen molar-refractivity contribution in [2.24, 2.45) is 0 Å². The van der Waals surface area contributed by atoms with E-state index in [2.05, 4.69) is 14.9 Å². The Hall–Kier alpha value is -3.69. The summed E-state index contributed by atoms with van der Waals surface area (Å²) in [6.07, 6.45) is 3.59. The third-order valence-corrected chi connectivity index (χ3v) is 6.06. The highest BCUT2D eigenvalue weighted by molar-refractivity contribution is 7.98. The van der Waals surface area contributed by atoms with E-state index in [4.69, 9.17) is 14.5 Å². The van der Waals surface area contributed by atoms with Gasteiger partial charge in [-0.1, -0.05) is 23.9 Å². The SMILES string of the molecule is COCCn1c(SC)nc(-c2ccc(F)cc2)c1-c1ccnc(NC(=O)c2ccccc2OC)c1. The van der Waals surface area contributed by atoms with Gasteiger partial charge in [-0.25, -0.2) is 14.4 Å². The predicted octanol–water partition coefficient (Wildman–Crippen LogP) is 5.38. The Balaban J connectivity index is 1.77. The monoisotopic (exact) mass is 492 g/mol. The number of hydrogen-bond donors (Lipinski definition) is 1. The van der Waals surface area contributed by atoms with Crippen LogP contribution in [0.4, 0.5) is 10.2 Å². The van der Waals surface area contributed by atoms with Crippen molar-refractivity contribution in [3.8, 4) is 28.3 Å². The first kappa shape index (κ1) is 24.4. The van der Waals surface area contributed by atoms with Crippen molar-refractivity contribution in [2.75, 3.05) is 32.4 Å². The van der Waals surface area contributed by atoms with Crippen LogP contribution in [0.1, 0.15) is 10.4 Å². The first-order valence-corrected chi connectivity index (χ1v) is 12.1. The van der Waals surface area contributed by atoms with Crippen LogP contribution in [0.2, 0.25) is 0 Å². The summed E-state index contributed by atoms with van der Waals surface area (Å²) in [6.45, 7) is 1.06. The molecule has 4 rings (SSSR count).